The van der Waals surface area contributed by atoms with Gasteiger partial charge in [-0.1, -0.05) is 60.4 Å². The predicted octanol–water partition coefficient (Wildman–Crippen LogP) is 4.95. The van der Waals surface area contributed by atoms with Gasteiger partial charge < -0.3 is 0 Å². The lowest BCUT2D eigenvalue weighted by Gasteiger charge is -2.13. The molecule has 1 aliphatic heterocycles. The van der Waals surface area contributed by atoms with E-state index in [1.807, 2.05) is 43.3 Å². The second kappa shape index (κ2) is 7.63. The third-order valence-corrected chi connectivity index (χ3v) is 4.97. The molecule has 0 N–H and O–H groups in total. The minimum atomic E-state index is -0.480. The number of nitro benzene ring substituents is 1. The Morgan fingerprint density at radius 3 is 2.42 bits per heavy atom. The zero-order valence-corrected chi connectivity index (χ0v) is 15.4. The summed E-state index contributed by atoms with van der Waals surface area (Å²) >= 11 is 6.54. The molecule has 7 heteroatoms. The number of allylic oxidation sites excluding steroid dienone is 2. The minimum Gasteiger partial charge on any atom is -0.268 e. The highest BCUT2D eigenvalue weighted by Gasteiger charge is 2.33. The molecule has 2 aromatic carbocycles. The fourth-order valence-corrected chi connectivity index (χ4v) is 3.82. The SMILES string of the molecule is CC(/C=C1\SC(=S)N(c2ccc([N+](=O)[O-])cc2)C1=O)=C\c1ccccc1. The van der Waals surface area contributed by atoms with Crippen LogP contribution in [0, 0.1) is 10.1 Å². The molecular formula is C19H14N2O3S2. The summed E-state index contributed by atoms with van der Waals surface area (Å²) in [7, 11) is 0. The zero-order valence-electron chi connectivity index (χ0n) is 13.8. The van der Waals surface area contributed by atoms with Gasteiger partial charge in [0.05, 0.1) is 15.5 Å². The largest absolute Gasteiger partial charge is 0.270 e. The van der Waals surface area contributed by atoms with E-state index in [-0.39, 0.29) is 11.6 Å². The van der Waals surface area contributed by atoms with E-state index in [0.29, 0.717) is 14.9 Å². The maximum atomic E-state index is 12.7. The van der Waals surface area contributed by atoms with Gasteiger partial charge in [-0.05, 0) is 36.3 Å². The van der Waals surface area contributed by atoms with E-state index < -0.39 is 4.92 Å². The molecule has 2 aromatic rings. The van der Waals surface area contributed by atoms with Crippen molar-refractivity contribution in [1.29, 1.82) is 0 Å². The van der Waals surface area contributed by atoms with Crippen LogP contribution in [0.1, 0.15) is 12.5 Å². The van der Waals surface area contributed by atoms with E-state index in [4.69, 9.17) is 12.2 Å². The third kappa shape index (κ3) is 3.89. The summed E-state index contributed by atoms with van der Waals surface area (Å²) < 4.78 is 0.405. The van der Waals surface area contributed by atoms with Crippen LogP contribution in [0.4, 0.5) is 11.4 Å². The molecule has 0 radical (unpaired) electrons. The minimum absolute atomic E-state index is 0.0311. The van der Waals surface area contributed by atoms with E-state index in [9.17, 15) is 14.9 Å². The van der Waals surface area contributed by atoms with Crippen LogP contribution >= 0.6 is 24.0 Å². The maximum absolute atomic E-state index is 12.7. The van der Waals surface area contributed by atoms with Crippen molar-refractivity contribution in [2.75, 3.05) is 4.90 Å². The Labute approximate surface area is 160 Å². The van der Waals surface area contributed by atoms with Crippen molar-refractivity contribution in [2.45, 2.75) is 6.92 Å². The number of benzene rings is 2. The molecule has 0 unspecified atom stereocenters. The number of nitro groups is 1. The van der Waals surface area contributed by atoms with Crippen LogP contribution in [0.15, 0.2) is 71.2 Å². The van der Waals surface area contributed by atoms with Gasteiger partial charge >= 0.3 is 0 Å². The first-order valence-corrected chi connectivity index (χ1v) is 8.94. The Hall–Kier alpha value is -2.77. The van der Waals surface area contributed by atoms with Crippen LogP contribution in [0.5, 0.6) is 0 Å². The Kier molecular flexibility index (Phi) is 5.29. The van der Waals surface area contributed by atoms with Crippen LogP contribution in [-0.2, 0) is 4.79 Å². The Bertz CT molecular complexity index is 935. The van der Waals surface area contributed by atoms with Crippen molar-refractivity contribution in [3.05, 3.63) is 86.8 Å². The van der Waals surface area contributed by atoms with Gasteiger partial charge in [0, 0.05) is 12.1 Å². The molecule has 1 aliphatic rings. The monoisotopic (exact) mass is 382 g/mol. The first kappa shape index (κ1) is 18.0. The van der Waals surface area contributed by atoms with Crippen molar-refractivity contribution in [3.8, 4) is 0 Å². The summed E-state index contributed by atoms with van der Waals surface area (Å²) in [6, 6.07) is 15.6. The van der Waals surface area contributed by atoms with Crippen molar-refractivity contribution < 1.29 is 9.72 Å². The van der Waals surface area contributed by atoms with E-state index >= 15 is 0 Å². The number of thiocarbonyl (C=S) groups is 1. The second-order valence-corrected chi connectivity index (χ2v) is 7.27. The lowest BCUT2D eigenvalue weighted by Crippen LogP contribution is -2.27. The van der Waals surface area contributed by atoms with Gasteiger partial charge in [0.2, 0.25) is 0 Å². The van der Waals surface area contributed by atoms with Gasteiger partial charge in [-0.25, -0.2) is 0 Å². The maximum Gasteiger partial charge on any atom is 0.270 e. The molecule has 1 amide bonds. The van der Waals surface area contributed by atoms with Gasteiger partial charge in [-0.3, -0.25) is 19.8 Å². The molecule has 0 saturated carbocycles. The molecule has 0 aromatic heterocycles. The number of rotatable bonds is 4. The number of nitrogens with zero attached hydrogens (tertiary/aromatic N) is 2. The number of amides is 1. The van der Waals surface area contributed by atoms with Gasteiger partial charge in [0.25, 0.3) is 11.6 Å². The van der Waals surface area contributed by atoms with Gasteiger partial charge in [-0.15, -0.1) is 0 Å². The molecule has 5 nitrogen and oxygen atoms in total. The van der Waals surface area contributed by atoms with Crippen molar-refractivity contribution in [2.24, 2.45) is 0 Å². The molecule has 1 heterocycles. The van der Waals surface area contributed by atoms with Crippen LogP contribution in [0.3, 0.4) is 0 Å². The first-order valence-electron chi connectivity index (χ1n) is 7.71. The number of hydrogen-bond acceptors (Lipinski definition) is 5. The smallest absolute Gasteiger partial charge is 0.268 e. The summed E-state index contributed by atoms with van der Waals surface area (Å²) in [6.07, 6.45) is 3.79. The molecule has 0 aliphatic carbocycles. The second-order valence-electron chi connectivity index (χ2n) is 5.59. The van der Waals surface area contributed by atoms with Gasteiger partial charge in [-0.2, -0.15) is 0 Å². The molecule has 0 bridgehead atoms. The van der Waals surface area contributed by atoms with E-state index in [2.05, 4.69) is 0 Å². The predicted molar refractivity (Wildman–Crippen MR) is 109 cm³/mol. The highest BCUT2D eigenvalue weighted by Crippen LogP contribution is 2.36. The van der Waals surface area contributed by atoms with Crippen molar-refractivity contribution in [1.82, 2.24) is 0 Å². The van der Waals surface area contributed by atoms with E-state index in [0.717, 1.165) is 11.1 Å². The normalized spacial score (nSPS) is 16.4. The van der Waals surface area contributed by atoms with Crippen molar-refractivity contribution in [3.63, 3.8) is 0 Å². The topological polar surface area (TPSA) is 63.4 Å². The molecule has 1 saturated heterocycles. The number of hydrogen-bond donors (Lipinski definition) is 0. The van der Waals surface area contributed by atoms with Crippen LogP contribution in [0.2, 0.25) is 0 Å². The highest BCUT2D eigenvalue weighted by atomic mass is 32.2. The summed E-state index contributed by atoms with van der Waals surface area (Å²) in [5.74, 6) is -0.227. The quantitative estimate of drug-likeness (QED) is 0.324. The molecule has 0 spiro atoms. The van der Waals surface area contributed by atoms with Crippen LogP contribution in [-0.4, -0.2) is 15.2 Å². The standard InChI is InChI=1S/C19H14N2O3S2/c1-13(11-14-5-3-2-4-6-14)12-17-18(22)20(19(25)26-17)15-7-9-16(10-8-15)21(23)24/h2-12H,1H3/b13-11+,17-12-. The summed E-state index contributed by atoms with van der Waals surface area (Å²) in [5.41, 5.74) is 2.47. The zero-order chi connectivity index (χ0) is 18.7. The van der Waals surface area contributed by atoms with Gasteiger partial charge in [0.15, 0.2) is 4.32 Å². The van der Waals surface area contributed by atoms with Crippen molar-refractivity contribution >= 4 is 51.7 Å². The number of thioether (sulfide) groups is 1. The number of carbonyl (C=O) groups excluding carboxylic acids is 1. The molecule has 3 rings (SSSR count). The molecule has 130 valence electrons. The molecule has 0 atom stereocenters. The summed E-state index contributed by atoms with van der Waals surface area (Å²) in [5, 5.41) is 10.8. The average molecular weight is 382 g/mol. The van der Waals surface area contributed by atoms with Gasteiger partial charge in [0.1, 0.15) is 0 Å². The summed E-state index contributed by atoms with van der Waals surface area (Å²) in [6.45, 7) is 1.92. The lowest BCUT2D eigenvalue weighted by atomic mass is 10.1. The molecule has 26 heavy (non-hydrogen) atoms. The molecular weight excluding hydrogens is 368 g/mol. The van der Waals surface area contributed by atoms with Crippen LogP contribution in [0.25, 0.3) is 6.08 Å². The number of anilines is 1. The number of carbonyl (C=O) groups is 1. The molecule has 1 fully saturated rings. The van der Waals surface area contributed by atoms with E-state index in [1.54, 1.807) is 6.08 Å². The highest BCUT2D eigenvalue weighted by molar-refractivity contribution is 8.27. The number of non-ortho nitro benzene ring substituents is 1. The van der Waals surface area contributed by atoms with E-state index in [1.165, 1.54) is 40.9 Å². The Balaban J connectivity index is 1.84. The third-order valence-electron chi connectivity index (χ3n) is 3.67. The lowest BCUT2D eigenvalue weighted by molar-refractivity contribution is -0.384. The first-order chi connectivity index (χ1) is 12.5. The fourth-order valence-electron chi connectivity index (χ4n) is 2.47. The Morgan fingerprint density at radius 1 is 1.15 bits per heavy atom. The van der Waals surface area contributed by atoms with Crippen LogP contribution < -0.4 is 4.90 Å². The average Bonchev–Trinajstić information content (AvgIpc) is 2.89. The summed E-state index contributed by atoms with van der Waals surface area (Å²) in [4.78, 5) is 24.9. The Morgan fingerprint density at radius 2 is 1.81 bits per heavy atom. The fraction of sp³-hybridized carbons (Fsp3) is 0.0526.